The lowest BCUT2D eigenvalue weighted by Crippen LogP contribution is -2.43. The smallest absolute Gasteiger partial charge is 0.239 e. The monoisotopic (exact) mass is 218 g/mol. The predicted octanol–water partition coefficient (Wildman–Crippen LogP) is 1.18. The van der Waals surface area contributed by atoms with Crippen LogP contribution in [0.3, 0.4) is 0 Å². The molecule has 0 spiro atoms. The Bertz CT molecular complexity index is 174. The standard InChI is InChI=1S/C10H22N2OS/c1-8(2)7-9(11)10(13)12(3)5-6-14-4/h8-9H,5-7,11H2,1-4H3. The highest BCUT2D eigenvalue weighted by Gasteiger charge is 2.18. The van der Waals surface area contributed by atoms with Crippen molar-refractivity contribution < 1.29 is 4.79 Å². The van der Waals surface area contributed by atoms with Gasteiger partial charge in [-0.2, -0.15) is 11.8 Å². The SMILES string of the molecule is CSCCN(C)C(=O)C(N)CC(C)C. The molecule has 1 atom stereocenters. The maximum Gasteiger partial charge on any atom is 0.239 e. The molecular formula is C10H22N2OS. The molecule has 0 rings (SSSR count). The second kappa shape index (κ2) is 7.12. The fourth-order valence-electron chi connectivity index (χ4n) is 1.23. The maximum atomic E-state index is 11.7. The average Bonchev–Trinajstić information content (AvgIpc) is 2.11. The molecule has 3 nitrogen and oxygen atoms in total. The van der Waals surface area contributed by atoms with Crippen molar-refractivity contribution in [3.63, 3.8) is 0 Å². The Hall–Kier alpha value is -0.220. The number of hydrogen-bond donors (Lipinski definition) is 1. The Balaban J connectivity index is 3.91. The van der Waals surface area contributed by atoms with Crippen molar-refractivity contribution in [2.75, 3.05) is 25.6 Å². The summed E-state index contributed by atoms with van der Waals surface area (Å²) in [5.74, 6) is 1.51. The van der Waals surface area contributed by atoms with Gasteiger partial charge in [0.15, 0.2) is 0 Å². The van der Waals surface area contributed by atoms with Crippen LogP contribution in [0.2, 0.25) is 0 Å². The van der Waals surface area contributed by atoms with Crippen LogP contribution in [-0.4, -0.2) is 42.4 Å². The summed E-state index contributed by atoms with van der Waals surface area (Å²) in [6.45, 7) is 4.94. The molecule has 0 saturated heterocycles. The van der Waals surface area contributed by atoms with Crippen molar-refractivity contribution in [2.45, 2.75) is 26.3 Å². The van der Waals surface area contributed by atoms with E-state index in [-0.39, 0.29) is 11.9 Å². The van der Waals surface area contributed by atoms with Crippen LogP contribution in [0.25, 0.3) is 0 Å². The van der Waals surface area contributed by atoms with E-state index >= 15 is 0 Å². The number of likely N-dealkylation sites (N-methyl/N-ethyl adjacent to an activating group) is 1. The van der Waals surface area contributed by atoms with Crippen molar-refractivity contribution in [3.05, 3.63) is 0 Å². The molecule has 4 heteroatoms. The molecule has 0 radical (unpaired) electrons. The molecule has 0 aromatic carbocycles. The number of amides is 1. The molecule has 0 fully saturated rings. The Labute approximate surface area is 91.4 Å². The van der Waals surface area contributed by atoms with Crippen LogP contribution < -0.4 is 5.73 Å². The van der Waals surface area contributed by atoms with Gasteiger partial charge in [0.25, 0.3) is 0 Å². The van der Waals surface area contributed by atoms with Gasteiger partial charge in [0, 0.05) is 19.3 Å². The lowest BCUT2D eigenvalue weighted by Gasteiger charge is -2.21. The van der Waals surface area contributed by atoms with Gasteiger partial charge in [0.05, 0.1) is 6.04 Å². The summed E-state index contributed by atoms with van der Waals surface area (Å²) < 4.78 is 0. The number of nitrogens with zero attached hydrogens (tertiary/aromatic N) is 1. The first-order chi connectivity index (χ1) is 6.49. The molecule has 0 bridgehead atoms. The largest absolute Gasteiger partial charge is 0.344 e. The van der Waals surface area contributed by atoms with Gasteiger partial charge >= 0.3 is 0 Å². The molecule has 14 heavy (non-hydrogen) atoms. The quantitative estimate of drug-likeness (QED) is 0.728. The summed E-state index contributed by atoms with van der Waals surface area (Å²) in [7, 11) is 1.82. The molecule has 0 aliphatic heterocycles. The third-order valence-electron chi connectivity index (χ3n) is 2.05. The summed E-state index contributed by atoms with van der Waals surface area (Å²) in [5.41, 5.74) is 5.79. The third-order valence-corrected chi connectivity index (χ3v) is 2.64. The summed E-state index contributed by atoms with van der Waals surface area (Å²) in [4.78, 5) is 13.4. The van der Waals surface area contributed by atoms with Crippen molar-refractivity contribution in [1.29, 1.82) is 0 Å². The highest BCUT2D eigenvalue weighted by Crippen LogP contribution is 2.05. The van der Waals surface area contributed by atoms with E-state index in [0.717, 1.165) is 18.7 Å². The van der Waals surface area contributed by atoms with Gasteiger partial charge in [-0.1, -0.05) is 13.8 Å². The summed E-state index contributed by atoms with van der Waals surface area (Å²) in [6.07, 6.45) is 2.80. The number of hydrogen-bond acceptors (Lipinski definition) is 3. The number of thioether (sulfide) groups is 1. The molecule has 0 heterocycles. The molecule has 0 aromatic heterocycles. The maximum absolute atomic E-state index is 11.7. The minimum atomic E-state index is -0.332. The van der Waals surface area contributed by atoms with E-state index in [0.29, 0.717) is 5.92 Å². The van der Waals surface area contributed by atoms with Crippen LogP contribution >= 0.6 is 11.8 Å². The first-order valence-corrected chi connectivity index (χ1v) is 6.38. The fraction of sp³-hybridized carbons (Fsp3) is 0.900. The van der Waals surface area contributed by atoms with Crippen LogP contribution in [-0.2, 0) is 4.79 Å². The van der Waals surface area contributed by atoms with Gasteiger partial charge in [0.1, 0.15) is 0 Å². The zero-order valence-electron chi connectivity index (χ0n) is 9.62. The van der Waals surface area contributed by atoms with E-state index in [2.05, 4.69) is 13.8 Å². The molecule has 1 amide bonds. The van der Waals surface area contributed by atoms with E-state index in [4.69, 9.17) is 5.73 Å². The Morgan fingerprint density at radius 3 is 2.50 bits per heavy atom. The van der Waals surface area contributed by atoms with E-state index in [9.17, 15) is 4.79 Å². The van der Waals surface area contributed by atoms with Crippen LogP contribution in [0.5, 0.6) is 0 Å². The molecule has 0 saturated carbocycles. The zero-order chi connectivity index (χ0) is 11.1. The highest BCUT2D eigenvalue weighted by molar-refractivity contribution is 7.98. The van der Waals surface area contributed by atoms with E-state index in [1.807, 2.05) is 13.3 Å². The fourth-order valence-corrected chi connectivity index (χ4v) is 1.69. The van der Waals surface area contributed by atoms with Gasteiger partial charge in [-0.05, 0) is 18.6 Å². The number of carbonyl (C=O) groups is 1. The van der Waals surface area contributed by atoms with E-state index in [1.54, 1.807) is 16.7 Å². The molecule has 0 aromatic rings. The van der Waals surface area contributed by atoms with Gasteiger partial charge in [-0.25, -0.2) is 0 Å². The number of rotatable bonds is 6. The van der Waals surface area contributed by atoms with Crippen molar-refractivity contribution in [2.24, 2.45) is 11.7 Å². The van der Waals surface area contributed by atoms with Gasteiger partial charge in [0.2, 0.25) is 5.91 Å². The number of carbonyl (C=O) groups excluding carboxylic acids is 1. The minimum absolute atomic E-state index is 0.0627. The van der Waals surface area contributed by atoms with Crippen LogP contribution in [0.4, 0.5) is 0 Å². The Morgan fingerprint density at radius 1 is 1.50 bits per heavy atom. The molecule has 0 aliphatic rings. The van der Waals surface area contributed by atoms with Crippen molar-refractivity contribution in [3.8, 4) is 0 Å². The van der Waals surface area contributed by atoms with Gasteiger partial charge in [-0.3, -0.25) is 4.79 Å². The zero-order valence-corrected chi connectivity index (χ0v) is 10.4. The van der Waals surface area contributed by atoms with Crippen LogP contribution in [0.1, 0.15) is 20.3 Å². The van der Waals surface area contributed by atoms with Crippen LogP contribution in [0.15, 0.2) is 0 Å². The van der Waals surface area contributed by atoms with E-state index < -0.39 is 0 Å². The van der Waals surface area contributed by atoms with Crippen molar-refractivity contribution >= 4 is 17.7 Å². The first-order valence-electron chi connectivity index (χ1n) is 4.98. The lowest BCUT2D eigenvalue weighted by molar-refractivity contribution is -0.131. The lowest BCUT2D eigenvalue weighted by atomic mass is 10.0. The third kappa shape index (κ3) is 5.50. The Morgan fingerprint density at radius 2 is 2.07 bits per heavy atom. The predicted molar refractivity (Wildman–Crippen MR) is 63.4 cm³/mol. The van der Waals surface area contributed by atoms with Gasteiger partial charge < -0.3 is 10.6 Å². The van der Waals surface area contributed by atoms with Crippen molar-refractivity contribution in [1.82, 2.24) is 4.90 Å². The molecule has 2 N–H and O–H groups in total. The summed E-state index contributed by atoms with van der Waals surface area (Å²) in [5, 5.41) is 0. The average molecular weight is 218 g/mol. The molecule has 1 unspecified atom stereocenters. The molecule has 84 valence electrons. The normalized spacial score (nSPS) is 13.0. The van der Waals surface area contributed by atoms with Gasteiger partial charge in [-0.15, -0.1) is 0 Å². The minimum Gasteiger partial charge on any atom is -0.344 e. The molecular weight excluding hydrogens is 196 g/mol. The van der Waals surface area contributed by atoms with Crippen LogP contribution in [0, 0.1) is 5.92 Å². The Kier molecular flexibility index (Phi) is 7.01. The number of nitrogens with two attached hydrogens (primary N) is 1. The molecule has 0 aliphatic carbocycles. The second-order valence-corrected chi connectivity index (χ2v) is 4.97. The summed E-state index contributed by atoms with van der Waals surface area (Å²) in [6, 6.07) is -0.332. The first kappa shape index (κ1) is 13.8. The highest BCUT2D eigenvalue weighted by atomic mass is 32.2. The topological polar surface area (TPSA) is 46.3 Å². The van der Waals surface area contributed by atoms with E-state index in [1.165, 1.54) is 0 Å². The summed E-state index contributed by atoms with van der Waals surface area (Å²) >= 11 is 1.74. The second-order valence-electron chi connectivity index (χ2n) is 3.99.